The number of nitrogens with zero attached hydrogens (tertiary/aromatic N) is 1. The number of ether oxygens (including phenoxy) is 1. The van der Waals surface area contributed by atoms with Crippen molar-refractivity contribution in [1.29, 1.82) is 0 Å². The van der Waals surface area contributed by atoms with Crippen molar-refractivity contribution in [3.8, 4) is 0 Å². The van der Waals surface area contributed by atoms with Crippen molar-refractivity contribution >= 4 is 5.91 Å². The van der Waals surface area contributed by atoms with Crippen LogP contribution in [-0.4, -0.2) is 31.3 Å². The van der Waals surface area contributed by atoms with Gasteiger partial charge in [0.25, 0.3) is 0 Å². The first-order chi connectivity index (χ1) is 7.86. The van der Waals surface area contributed by atoms with Gasteiger partial charge in [0.1, 0.15) is 0 Å². The molecular weight excluding hydrogens is 317 g/mol. The van der Waals surface area contributed by atoms with Gasteiger partial charge in [0.05, 0.1) is 0 Å². The molecule has 0 N–H and O–H groups in total. The molecule has 3 heterocycles. The van der Waals surface area contributed by atoms with Gasteiger partial charge in [0.15, 0.2) is 0 Å². The van der Waals surface area contributed by atoms with Gasteiger partial charge in [0, 0.05) is 0 Å². The van der Waals surface area contributed by atoms with Gasteiger partial charge in [-0.25, -0.2) is 0 Å². The number of fused-ring (bicyclic) bond motifs is 3. The molecule has 3 fully saturated rings. The van der Waals surface area contributed by atoms with E-state index in [2.05, 4.69) is 0 Å². The van der Waals surface area contributed by atoms with Crippen LogP contribution in [0, 0.1) is 0 Å². The molecule has 3 saturated heterocycles. The van der Waals surface area contributed by atoms with E-state index < -0.39 is 0 Å². The molecule has 3 aliphatic heterocycles. The van der Waals surface area contributed by atoms with E-state index in [4.69, 9.17) is 4.74 Å². The number of halogens is 1. The fourth-order valence-corrected chi connectivity index (χ4v) is 5.75. The van der Waals surface area contributed by atoms with Crippen LogP contribution in [0.5, 0.6) is 0 Å². The maximum atomic E-state index is 12.1. The van der Waals surface area contributed by atoms with Crippen molar-refractivity contribution in [2.24, 2.45) is 0 Å². The zero-order chi connectivity index (χ0) is 10.7. The fraction of sp³-hybridized carbons (Fsp3) is 0.417. The van der Waals surface area contributed by atoms with E-state index in [0.717, 1.165) is 12.2 Å². The summed E-state index contributed by atoms with van der Waals surface area (Å²) < 4.78 is 6.92. The van der Waals surface area contributed by atoms with E-state index in [0.29, 0.717) is 19.8 Å². The average molecular weight is 328 g/mol. The molecule has 0 bridgehead atoms. The summed E-state index contributed by atoms with van der Waals surface area (Å²) in [6.07, 6.45) is -0.115. The molecule has 1 aromatic carbocycles. The second-order valence-electron chi connectivity index (χ2n) is 4.38. The first-order valence-electron chi connectivity index (χ1n) is 5.47. The molecule has 4 rings (SSSR count). The van der Waals surface area contributed by atoms with Crippen molar-refractivity contribution < 1.29 is 30.7 Å². The number of hydrogen-bond acceptors (Lipinski definition) is 2. The van der Waals surface area contributed by atoms with Crippen LogP contribution in [0.2, 0.25) is 0 Å². The second-order valence-corrected chi connectivity index (χ2v) is 7.88. The molecule has 1 aromatic rings. The second kappa shape index (κ2) is 3.20. The van der Waals surface area contributed by atoms with E-state index in [1.807, 2.05) is 35.2 Å². The zero-order valence-electron chi connectivity index (χ0n) is 8.54. The topological polar surface area (TPSA) is 29.5 Å². The fourth-order valence-electron chi connectivity index (χ4n) is 2.65. The van der Waals surface area contributed by atoms with Crippen molar-refractivity contribution in [3.63, 3.8) is 0 Å². The van der Waals surface area contributed by atoms with Crippen LogP contribution in [0.4, 0.5) is 0 Å². The molecule has 1 unspecified atom stereocenters. The summed E-state index contributed by atoms with van der Waals surface area (Å²) in [7, 11) is 0. The van der Waals surface area contributed by atoms with E-state index in [9.17, 15) is 4.79 Å². The SMILES string of the molecule is O=C1[C@@H]2[I-][C@@H]2[C@H]2COC(c3ccccc3)N12. The van der Waals surface area contributed by atoms with E-state index in [-0.39, 0.29) is 27.4 Å². The van der Waals surface area contributed by atoms with Crippen LogP contribution in [0.15, 0.2) is 30.3 Å². The third-order valence-corrected chi connectivity index (χ3v) is 7.10. The van der Waals surface area contributed by atoms with Crippen molar-refractivity contribution in [2.45, 2.75) is 20.1 Å². The minimum atomic E-state index is -0.115. The summed E-state index contributed by atoms with van der Waals surface area (Å²) in [4.78, 5) is 14.1. The maximum absolute atomic E-state index is 12.1. The standard InChI is InChI=1S/C12H11INO2/c15-11-10-9(13-10)8-6-16-12(14(8)11)7-4-2-1-3-5-7/h1-5,8-10,12H,6H2/q-1/t8-,9-,10-,12?/m1/s1. The molecule has 0 radical (unpaired) electrons. The molecule has 16 heavy (non-hydrogen) atoms. The number of carbonyl (C=O) groups excluding carboxylic acids is 1. The Bertz CT molecular complexity index is 450. The minimum absolute atomic E-state index is 0.115. The Morgan fingerprint density at radius 3 is 2.94 bits per heavy atom. The molecule has 3 aliphatic rings. The molecule has 0 aliphatic carbocycles. The third kappa shape index (κ3) is 1.14. The van der Waals surface area contributed by atoms with Crippen LogP contribution in [0.3, 0.4) is 0 Å². The average Bonchev–Trinajstić information content (AvgIpc) is 2.92. The summed E-state index contributed by atoms with van der Waals surface area (Å²) in [6.45, 7) is 0.742. The van der Waals surface area contributed by atoms with Gasteiger partial charge >= 0.3 is 104 Å². The van der Waals surface area contributed by atoms with Gasteiger partial charge in [-0.2, -0.15) is 0 Å². The Morgan fingerprint density at radius 1 is 1.31 bits per heavy atom. The van der Waals surface area contributed by atoms with Gasteiger partial charge in [-0.1, -0.05) is 0 Å². The quantitative estimate of drug-likeness (QED) is 0.431. The predicted molar refractivity (Wildman–Crippen MR) is 53.3 cm³/mol. The molecule has 4 atom stereocenters. The van der Waals surface area contributed by atoms with Crippen LogP contribution in [0.25, 0.3) is 0 Å². The molecule has 4 heteroatoms. The number of hydrogen-bond donors (Lipinski definition) is 0. The summed E-state index contributed by atoms with van der Waals surface area (Å²) in [6, 6.07) is 10.5. The van der Waals surface area contributed by atoms with Crippen LogP contribution in [-0.2, 0) is 9.53 Å². The summed E-state index contributed by atoms with van der Waals surface area (Å²) in [5, 5.41) is 0. The molecule has 0 saturated carbocycles. The molecule has 1 amide bonds. The number of benzene rings is 1. The van der Waals surface area contributed by atoms with Crippen LogP contribution in [0.1, 0.15) is 11.8 Å². The van der Waals surface area contributed by atoms with Gasteiger partial charge in [-0.05, 0) is 0 Å². The number of alkyl halides is 2. The Labute approximate surface area is 104 Å². The van der Waals surface area contributed by atoms with E-state index in [1.54, 1.807) is 0 Å². The van der Waals surface area contributed by atoms with Crippen molar-refractivity contribution in [3.05, 3.63) is 35.9 Å². The van der Waals surface area contributed by atoms with Crippen molar-refractivity contribution in [2.75, 3.05) is 6.61 Å². The van der Waals surface area contributed by atoms with Gasteiger partial charge in [0.2, 0.25) is 0 Å². The monoisotopic (exact) mass is 328 g/mol. The molecular formula is C12H11INO2-. The summed E-state index contributed by atoms with van der Waals surface area (Å²) in [5.74, 6) is 0.356. The number of carbonyl (C=O) groups is 1. The normalized spacial score (nSPS) is 40.2. The summed E-state index contributed by atoms with van der Waals surface area (Å²) in [5.41, 5.74) is 1.11. The number of rotatable bonds is 1. The Balaban J connectivity index is 1.70. The Kier molecular flexibility index (Phi) is 1.88. The van der Waals surface area contributed by atoms with Gasteiger partial charge < -0.3 is 0 Å². The number of amides is 1. The van der Waals surface area contributed by atoms with E-state index in [1.165, 1.54) is 0 Å². The first-order valence-corrected chi connectivity index (χ1v) is 7.96. The summed E-state index contributed by atoms with van der Waals surface area (Å²) >= 11 is 0.163. The van der Waals surface area contributed by atoms with Crippen LogP contribution < -0.4 is 21.2 Å². The zero-order valence-corrected chi connectivity index (χ0v) is 10.7. The molecule has 0 spiro atoms. The molecule has 3 nitrogen and oxygen atoms in total. The molecule has 0 aromatic heterocycles. The van der Waals surface area contributed by atoms with Crippen LogP contribution >= 0.6 is 0 Å². The predicted octanol–water partition coefficient (Wildman–Crippen LogP) is -2.23. The van der Waals surface area contributed by atoms with Crippen molar-refractivity contribution in [1.82, 2.24) is 4.90 Å². The Morgan fingerprint density at radius 2 is 2.12 bits per heavy atom. The van der Waals surface area contributed by atoms with E-state index >= 15 is 0 Å². The first kappa shape index (κ1) is 9.41. The molecule has 84 valence electrons. The van der Waals surface area contributed by atoms with Gasteiger partial charge in [-0.3, -0.25) is 0 Å². The third-order valence-electron chi connectivity index (χ3n) is 3.47. The Hall–Kier alpha value is -0.620. The van der Waals surface area contributed by atoms with Gasteiger partial charge in [-0.15, -0.1) is 0 Å².